The normalized spacial score (nSPS) is 16.8. The number of alkyl halides is 1. The van der Waals surface area contributed by atoms with Gasteiger partial charge in [-0.15, -0.1) is 11.6 Å². The third kappa shape index (κ3) is 2.87. The molecule has 0 bridgehead atoms. The monoisotopic (exact) mass is 131 g/mol. The van der Waals surface area contributed by atoms with E-state index in [2.05, 4.69) is 0 Å². The molecule has 1 nitrogen and oxygen atoms in total. The van der Waals surface area contributed by atoms with Gasteiger partial charge in [0.15, 0.2) is 0 Å². The van der Waals surface area contributed by atoms with Gasteiger partial charge in [-0.2, -0.15) is 5.26 Å². The average molecular weight is 132 g/mol. The van der Waals surface area contributed by atoms with Crippen molar-refractivity contribution >= 4 is 11.6 Å². The minimum Gasteiger partial charge on any atom is -0.198 e. The molecule has 0 aliphatic carbocycles. The van der Waals surface area contributed by atoms with Gasteiger partial charge in [0.05, 0.1) is 17.4 Å². The highest BCUT2D eigenvalue weighted by molar-refractivity contribution is 6.23. The minimum atomic E-state index is -0.297. The number of nitriles is 1. The standard InChI is InChI=1S/C6H10ClN/c1-3-6(2,7)4-5-8/h3-4H2,1-2H3. The summed E-state index contributed by atoms with van der Waals surface area (Å²) in [5.41, 5.74) is 0. The van der Waals surface area contributed by atoms with E-state index in [-0.39, 0.29) is 4.87 Å². The van der Waals surface area contributed by atoms with Gasteiger partial charge in [-0.1, -0.05) is 6.92 Å². The van der Waals surface area contributed by atoms with Crippen molar-refractivity contribution in [3.05, 3.63) is 0 Å². The second-order valence-corrected chi connectivity index (χ2v) is 3.01. The lowest BCUT2D eigenvalue weighted by atomic mass is 10.1. The summed E-state index contributed by atoms with van der Waals surface area (Å²) in [4.78, 5) is -0.297. The molecule has 0 aliphatic rings. The molecule has 0 spiro atoms. The lowest BCUT2D eigenvalue weighted by Crippen LogP contribution is -2.12. The molecule has 2 heteroatoms. The Labute approximate surface area is 55.3 Å². The van der Waals surface area contributed by atoms with Crippen molar-refractivity contribution < 1.29 is 0 Å². The van der Waals surface area contributed by atoms with Crippen LogP contribution in [0.25, 0.3) is 0 Å². The SMILES string of the molecule is CCC(C)(Cl)CC#N. The zero-order valence-corrected chi connectivity index (χ0v) is 6.00. The minimum absolute atomic E-state index is 0.297. The maximum absolute atomic E-state index is 8.20. The molecule has 0 amide bonds. The Hall–Kier alpha value is -0.220. The Kier molecular flexibility index (Phi) is 2.86. The van der Waals surface area contributed by atoms with Gasteiger partial charge in [-0.25, -0.2) is 0 Å². The molecule has 0 aromatic heterocycles. The van der Waals surface area contributed by atoms with Gasteiger partial charge >= 0.3 is 0 Å². The molecule has 0 aromatic rings. The van der Waals surface area contributed by atoms with Gasteiger partial charge in [0.2, 0.25) is 0 Å². The highest BCUT2D eigenvalue weighted by Crippen LogP contribution is 2.21. The van der Waals surface area contributed by atoms with Crippen molar-refractivity contribution in [2.45, 2.75) is 31.6 Å². The van der Waals surface area contributed by atoms with E-state index in [0.29, 0.717) is 6.42 Å². The van der Waals surface area contributed by atoms with Crippen LogP contribution in [0.1, 0.15) is 26.7 Å². The van der Waals surface area contributed by atoms with Crippen LogP contribution in [0, 0.1) is 11.3 Å². The first kappa shape index (κ1) is 7.78. The number of rotatable bonds is 2. The molecule has 0 N–H and O–H groups in total. The number of nitrogens with zero attached hydrogens (tertiary/aromatic N) is 1. The second-order valence-electron chi connectivity index (χ2n) is 2.10. The largest absolute Gasteiger partial charge is 0.198 e. The number of hydrogen-bond donors (Lipinski definition) is 0. The zero-order chi connectivity index (χ0) is 6.62. The van der Waals surface area contributed by atoms with Crippen molar-refractivity contribution in [3.8, 4) is 6.07 Å². The van der Waals surface area contributed by atoms with E-state index in [1.54, 1.807) is 0 Å². The van der Waals surface area contributed by atoms with E-state index in [1.165, 1.54) is 0 Å². The quantitative estimate of drug-likeness (QED) is 0.528. The fourth-order valence-electron chi connectivity index (χ4n) is 0.290. The first-order valence-electron chi connectivity index (χ1n) is 2.68. The molecule has 0 rings (SSSR count). The fraction of sp³-hybridized carbons (Fsp3) is 0.833. The molecule has 46 valence electrons. The zero-order valence-electron chi connectivity index (χ0n) is 5.24. The molecule has 0 saturated carbocycles. The third-order valence-electron chi connectivity index (χ3n) is 1.18. The van der Waals surface area contributed by atoms with Crippen LogP contribution in [-0.2, 0) is 0 Å². The van der Waals surface area contributed by atoms with E-state index in [1.807, 2.05) is 19.9 Å². The Morgan fingerprint density at radius 3 is 2.38 bits per heavy atom. The average Bonchev–Trinajstić information content (AvgIpc) is 1.67. The predicted molar refractivity (Wildman–Crippen MR) is 34.8 cm³/mol. The summed E-state index contributed by atoms with van der Waals surface area (Å²) in [5.74, 6) is 0. The molecule has 0 aromatic carbocycles. The maximum atomic E-state index is 8.20. The van der Waals surface area contributed by atoms with Gasteiger partial charge < -0.3 is 0 Å². The highest BCUT2D eigenvalue weighted by atomic mass is 35.5. The number of halogens is 1. The van der Waals surface area contributed by atoms with Crippen LogP contribution < -0.4 is 0 Å². The molecule has 8 heavy (non-hydrogen) atoms. The Balaban J connectivity index is 3.58. The molecular formula is C6H10ClN. The second kappa shape index (κ2) is 2.94. The Morgan fingerprint density at radius 2 is 2.25 bits per heavy atom. The van der Waals surface area contributed by atoms with E-state index in [9.17, 15) is 0 Å². The van der Waals surface area contributed by atoms with E-state index < -0.39 is 0 Å². The summed E-state index contributed by atoms with van der Waals surface area (Å²) < 4.78 is 0. The molecule has 0 saturated heterocycles. The van der Waals surface area contributed by atoms with Crippen molar-refractivity contribution in [2.75, 3.05) is 0 Å². The summed E-state index contributed by atoms with van der Waals surface area (Å²) in [6.45, 7) is 3.85. The Morgan fingerprint density at radius 1 is 1.75 bits per heavy atom. The Bertz CT molecular complexity index is 102. The smallest absolute Gasteiger partial charge is 0.0640 e. The van der Waals surface area contributed by atoms with Crippen LogP contribution in [0.3, 0.4) is 0 Å². The van der Waals surface area contributed by atoms with Crippen LogP contribution in [0.5, 0.6) is 0 Å². The highest BCUT2D eigenvalue weighted by Gasteiger charge is 2.16. The van der Waals surface area contributed by atoms with E-state index >= 15 is 0 Å². The topological polar surface area (TPSA) is 23.8 Å². The van der Waals surface area contributed by atoms with Crippen molar-refractivity contribution in [1.29, 1.82) is 5.26 Å². The van der Waals surface area contributed by atoms with Gasteiger partial charge in [0.1, 0.15) is 0 Å². The maximum Gasteiger partial charge on any atom is 0.0640 e. The fourth-order valence-corrected chi connectivity index (χ4v) is 0.350. The van der Waals surface area contributed by atoms with Gasteiger partial charge in [-0.3, -0.25) is 0 Å². The van der Waals surface area contributed by atoms with Crippen LogP contribution in [0.2, 0.25) is 0 Å². The first-order valence-corrected chi connectivity index (χ1v) is 3.06. The molecule has 0 radical (unpaired) electrons. The summed E-state index contributed by atoms with van der Waals surface area (Å²) in [7, 11) is 0. The van der Waals surface area contributed by atoms with Crippen molar-refractivity contribution in [3.63, 3.8) is 0 Å². The summed E-state index contributed by atoms with van der Waals surface area (Å²) in [6, 6.07) is 2.03. The molecular weight excluding hydrogens is 122 g/mol. The summed E-state index contributed by atoms with van der Waals surface area (Å²) >= 11 is 5.80. The molecule has 0 heterocycles. The molecule has 1 unspecified atom stereocenters. The lowest BCUT2D eigenvalue weighted by Gasteiger charge is -2.13. The van der Waals surface area contributed by atoms with Crippen molar-refractivity contribution in [1.82, 2.24) is 0 Å². The van der Waals surface area contributed by atoms with E-state index in [0.717, 1.165) is 6.42 Å². The molecule has 1 atom stereocenters. The van der Waals surface area contributed by atoms with Crippen LogP contribution in [-0.4, -0.2) is 4.87 Å². The van der Waals surface area contributed by atoms with Crippen LogP contribution >= 0.6 is 11.6 Å². The molecule has 0 aliphatic heterocycles. The van der Waals surface area contributed by atoms with Gasteiger partial charge in [0, 0.05) is 0 Å². The number of hydrogen-bond acceptors (Lipinski definition) is 1. The first-order chi connectivity index (χ1) is 3.62. The lowest BCUT2D eigenvalue weighted by molar-refractivity contribution is 0.622. The van der Waals surface area contributed by atoms with Gasteiger partial charge in [-0.05, 0) is 13.3 Å². The third-order valence-corrected chi connectivity index (χ3v) is 1.59. The summed E-state index contributed by atoms with van der Waals surface area (Å²) in [5, 5.41) is 8.20. The van der Waals surface area contributed by atoms with E-state index in [4.69, 9.17) is 16.9 Å². The van der Waals surface area contributed by atoms with Crippen molar-refractivity contribution in [2.24, 2.45) is 0 Å². The predicted octanol–water partition coefficient (Wildman–Crippen LogP) is 2.31. The summed E-state index contributed by atoms with van der Waals surface area (Å²) in [6.07, 6.45) is 1.28. The molecule has 0 fully saturated rings. The van der Waals surface area contributed by atoms with Crippen LogP contribution in [0.4, 0.5) is 0 Å². The van der Waals surface area contributed by atoms with Crippen LogP contribution in [0.15, 0.2) is 0 Å². The van der Waals surface area contributed by atoms with Gasteiger partial charge in [0.25, 0.3) is 0 Å².